The molecule has 6 heteroatoms. The second-order valence-electron chi connectivity index (χ2n) is 3.71. The second kappa shape index (κ2) is 4.54. The highest BCUT2D eigenvalue weighted by atomic mass is 16.6. The molecule has 1 fully saturated rings. The number of pyridine rings is 1. The Bertz CT molecular complexity index is 402. The minimum absolute atomic E-state index is 0.00106. The Morgan fingerprint density at radius 2 is 2.50 bits per heavy atom. The van der Waals surface area contributed by atoms with Crippen LogP contribution in [0.3, 0.4) is 0 Å². The number of hydrogen-bond acceptors (Lipinski definition) is 5. The Morgan fingerprint density at radius 3 is 3.12 bits per heavy atom. The average Bonchev–Trinajstić information content (AvgIpc) is 2.30. The van der Waals surface area contributed by atoms with Crippen molar-refractivity contribution < 1.29 is 9.66 Å². The van der Waals surface area contributed by atoms with Gasteiger partial charge >= 0.3 is 0 Å². The lowest BCUT2D eigenvalue weighted by molar-refractivity contribution is -0.385. The molecule has 1 aromatic heterocycles. The van der Waals surface area contributed by atoms with E-state index in [-0.39, 0.29) is 11.7 Å². The van der Waals surface area contributed by atoms with E-state index in [0.29, 0.717) is 13.2 Å². The molecule has 1 aromatic rings. The van der Waals surface area contributed by atoms with E-state index in [0.717, 1.165) is 17.8 Å². The van der Waals surface area contributed by atoms with Crippen LogP contribution in [0.1, 0.15) is 17.3 Å². The molecule has 0 amide bonds. The quantitative estimate of drug-likeness (QED) is 0.596. The molecule has 1 saturated heterocycles. The second-order valence-corrected chi connectivity index (χ2v) is 3.71. The fraction of sp³-hybridized carbons (Fsp3) is 0.500. The van der Waals surface area contributed by atoms with Gasteiger partial charge < -0.3 is 10.1 Å². The summed E-state index contributed by atoms with van der Waals surface area (Å²) in [6, 6.07) is 1.57. The monoisotopic (exact) mass is 223 g/mol. The van der Waals surface area contributed by atoms with Gasteiger partial charge in [0.25, 0.3) is 5.69 Å². The summed E-state index contributed by atoms with van der Waals surface area (Å²) in [5.74, 6) is 0. The lowest BCUT2D eigenvalue weighted by Crippen LogP contribution is -2.35. The van der Waals surface area contributed by atoms with Crippen LogP contribution in [0.25, 0.3) is 0 Å². The number of nitrogens with zero attached hydrogens (tertiary/aromatic N) is 2. The smallest absolute Gasteiger partial charge is 0.287 e. The molecular formula is C10H13N3O3. The van der Waals surface area contributed by atoms with Crippen LogP contribution in [0.4, 0.5) is 5.69 Å². The molecule has 1 aliphatic heterocycles. The number of aromatic nitrogens is 1. The van der Waals surface area contributed by atoms with Crippen molar-refractivity contribution in [3.8, 4) is 0 Å². The Hall–Kier alpha value is -1.53. The van der Waals surface area contributed by atoms with Crippen molar-refractivity contribution in [1.29, 1.82) is 0 Å². The first-order valence-electron chi connectivity index (χ1n) is 5.10. The van der Waals surface area contributed by atoms with Crippen LogP contribution in [0.15, 0.2) is 12.3 Å². The topological polar surface area (TPSA) is 77.3 Å². The first kappa shape index (κ1) is 11.0. The Balaban J connectivity index is 2.30. The molecule has 2 rings (SSSR count). The van der Waals surface area contributed by atoms with Crippen LogP contribution in [-0.4, -0.2) is 29.7 Å². The van der Waals surface area contributed by atoms with E-state index < -0.39 is 4.92 Å². The van der Waals surface area contributed by atoms with Gasteiger partial charge in [-0.25, -0.2) is 0 Å². The third-order valence-electron chi connectivity index (χ3n) is 2.62. The van der Waals surface area contributed by atoms with Gasteiger partial charge in [0, 0.05) is 18.3 Å². The van der Waals surface area contributed by atoms with Crippen molar-refractivity contribution in [3.63, 3.8) is 0 Å². The van der Waals surface area contributed by atoms with E-state index in [2.05, 4.69) is 10.3 Å². The lowest BCUT2D eigenvalue weighted by atomic mass is 10.1. The molecule has 0 saturated carbocycles. The molecule has 0 aliphatic carbocycles. The van der Waals surface area contributed by atoms with Crippen molar-refractivity contribution >= 4 is 5.69 Å². The zero-order valence-corrected chi connectivity index (χ0v) is 8.97. The predicted molar refractivity (Wildman–Crippen MR) is 57.2 cm³/mol. The zero-order valence-electron chi connectivity index (χ0n) is 8.97. The Morgan fingerprint density at radius 1 is 1.69 bits per heavy atom. The van der Waals surface area contributed by atoms with Crippen LogP contribution >= 0.6 is 0 Å². The zero-order chi connectivity index (χ0) is 11.5. The molecule has 0 radical (unpaired) electrons. The van der Waals surface area contributed by atoms with Crippen LogP contribution in [0, 0.1) is 17.0 Å². The van der Waals surface area contributed by atoms with Gasteiger partial charge in [0.15, 0.2) is 0 Å². The van der Waals surface area contributed by atoms with Gasteiger partial charge in [-0.3, -0.25) is 15.1 Å². The van der Waals surface area contributed by atoms with Gasteiger partial charge in [0.2, 0.25) is 0 Å². The van der Waals surface area contributed by atoms with Crippen LogP contribution in [0.5, 0.6) is 0 Å². The number of morpholine rings is 1. The maximum absolute atomic E-state index is 10.7. The van der Waals surface area contributed by atoms with E-state index in [9.17, 15) is 10.1 Å². The molecule has 1 atom stereocenters. The Labute approximate surface area is 92.8 Å². The molecule has 0 bridgehead atoms. The molecule has 0 spiro atoms. The van der Waals surface area contributed by atoms with Gasteiger partial charge in [-0.1, -0.05) is 0 Å². The lowest BCUT2D eigenvalue weighted by Gasteiger charge is -2.24. The minimum atomic E-state index is -0.431. The maximum atomic E-state index is 10.7. The van der Waals surface area contributed by atoms with Crippen molar-refractivity contribution in [1.82, 2.24) is 10.3 Å². The highest BCUT2D eigenvalue weighted by Gasteiger charge is 2.20. The summed E-state index contributed by atoms with van der Waals surface area (Å²) in [5, 5.41) is 13.9. The highest BCUT2D eigenvalue weighted by Crippen LogP contribution is 2.22. The summed E-state index contributed by atoms with van der Waals surface area (Å²) in [6.45, 7) is 3.81. The molecule has 16 heavy (non-hydrogen) atoms. The average molecular weight is 223 g/mol. The summed E-state index contributed by atoms with van der Waals surface area (Å²) < 4.78 is 5.33. The standard InChI is InChI=1S/C10H13N3O3/c1-7-9(10-6-16-3-2-11-10)4-8(5-12-7)13(14)15/h4-5,10-11H,2-3,6H2,1H3/t10-/m0/s1. The van der Waals surface area contributed by atoms with Gasteiger partial charge in [-0.2, -0.15) is 0 Å². The summed E-state index contributed by atoms with van der Waals surface area (Å²) >= 11 is 0. The van der Waals surface area contributed by atoms with Crippen molar-refractivity contribution in [2.75, 3.05) is 19.8 Å². The predicted octanol–water partition coefficient (Wildman–Crippen LogP) is 0.959. The summed E-state index contributed by atoms with van der Waals surface area (Å²) in [4.78, 5) is 14.3. The molecule has 86 valence electrons. The fourth-order valence-electron chi connectivity index (χ4n) is 1.76. The first-order valence-corrected chi connectivity index (χ1v) is 5.10. The number of nitrogens with one attached hydrogen (secondary N) is 1. The molecular weight excluding hydrogens is 210 g/mol. The van der Waals surface area contributed by atoms with E-state index >= 15 is 0 Å². The van der Waals surface area contributed by atoms with Gasteiger partial charge in [-0.15, -0.1) is 0 Å². The van der Waals surface area contributed by atoms with Gasteiger partial charge in [0.05, 0.1) is 24.2 Å². The van der Waals surface area contributed by atoms with Crippen molar-refractivity contribution in [2.24, 2.45) is 0 Å². The highest BCUT2D eigenvalue weighted by molar-refractivity contribution is 5.36. The van der Waals surface area contributed by atoms with Crippen LogP contribution in [0.2, 0.25) is 0 Å². The molecule has 2 heterocycles. The molecule has 1 N–H and O–H groups in total. The SMILES string of the molecule is Cc1ncc([N+](=O)[O-])cc1[C@@H]1COCCN1. The number of rotatable bonds is 2. The summed E-state index contributed by atoms with van der Waals surface area (Å²) in [5.41, 5.74) is 1.66. The van der Waals surface area contributed by atoms with Gasteiger partial charge in [-0.05, 0) is 12.5 Å². The fourth-order valence-corrected chi connectivity index (χ4v) is 1.76. The molecule has 0 aromatic carbocycles. The van der Waals surface area contributed by atoms with Crippen LogP contribution in [-0.2, 0) is 4.74 Å². The summed E-state index contributed by atoms with van der Waals surface area (Å²) in [6.07, 6.45) is 1.28. The number of nitro groups is 1. The van der Waals surface area contributed by atoms with Crippen molar-refractivity contribution in [3.05, 3.63) is 33.6 Å². The Kier molecular flexibility index (Phi) is 3.12. The largest absolute Gasteiger partial charge is 0.378 e. The van der Waals surface area contributed by atoms with Gasteiger partial charge in [0.1, 0.15) is 6.20 Å². The van der Waals surface area contributed by atoms with E-state index in [1.807, 2.05) is 6.92 Å². The number of aryl methyl sites for hydroxylation is 1. The van der Waals surface area contributed by atoms with Crippen LogP contribution < -0.4 is 5.32 Å². The molecule has 1 aliphatic rings. The first-order chi connectivity index (χ1) is 7.68. The van der Waals surface area contributed by atoms with E-state index in [4.69, 9.17) is 4.74 Å². The normalized spacial score (nSPS) is 20.7. The third kappa shape index (κ3) is 2.17. The molecule has 0 unspecified atom stereocenters. The van der Waals surface area contributed by atoms with E-state index in [1.165, 1.54) is 6.20 Å². The van der Waals surface area contributed by atoms with Crippen molar-refractivity contribution in [2.45, 2.75) is 13.0 Å². The minimum Gasteiger partial charge on any atom is -0.378 e. The molecule has 6 nitrogen and oxygen atoms in total. The number of ether oxygens (including phenoxy) is 1. The third-order valence-corrected chi connectivity index (χ3v) is 2.62. The maximum Gasteiger partial charge on any atom is 0.287 e. The number of hydrogen-bond donors (Lipinski definition) is 1. The summed E-state index contributed by atoms with van der Waals surface area (Å²) in [7, 11) is 0. The van der Waals surface area contributed by atoms with E-state index in [1.54, 1.807) is 6.07 Å².